The van der Waals surface area contributed by atoms with Gasteiger partial charge in [0.25, 0.3) is 5.91 Å². The first-order chi connectivity index (χ1) is 10.1. The van der Waals surface area contributed by atoms with Crippen LogP contribution in [0.25, 0.3) is 0 Å². The minimum atomic E-state index is -0.595. The molecular weight excluding hydrogens is 274 g/mol. The van der Waals surface area contributed by atoms with Crippen molar-refractivity contribution in [2.45, 2.75) is 0 Å². The van der Waals surface area contributed by atoms with Crippen molar-refractivity contribution >= 4 is 11.6 Å². The van der Waals surface area contributed by atoms with Crippen molar-refractivity contribution in [1.82, 2.24) is 0 Å². The van der Waals surface area contributed by atoms with Crippen molar-refractivity contribution in [2.24, 2.45) is 5.73 Å². The average Bonchev–Trinajstić information content (AvgIpc) is 2.48. The van der Waals surface area contributed by atoms with Gasteiger partial charge in [-0.05, 0) is 42.5 Å². The lowest BCUT2D eigenvalue weighted by atomic mass is 10.1. The van der Waals surface area contributed by atoms with Crippen LogP contribution in [0, 0.1) is 23.5 Å². The van der Waals surface area contributed by atoms with E-state index in [0.717, 1.165) is 6.07 Å². The molecule has 21 heavy (non-hydrogen) atoms. The number of rotatable bonds is 2. The molecule has 106 valence electrons. The number of anilines is 1. The van der Waals surface area contributed by atoms with Gasteiger partial charge in [-0.3, -0.25) is 4.79 Å². The Bertz CT molecular complexity index is 715. The zero-order valence-corrected chi connectivity index (χ0v) is 11.0. The van der Waals surface area contributed by atoms with Crippen LogP contribution < -0.4 is 11.1 Å². The summed E-state index contributed by atoms with van der Waals surface area (Å²) in [6.07, 6.45) is 0. The molecular formula is C16H12F2N2O. The van der Waals surface area contributed by atoms with Crippen LogP contribution in [0.3, 0.4) is 0 Å². The van der Waals surface area contributed by atoms with Crippen LogP contribution in [-0.4, -0.2) is 12.5 Å². The summed E-state index contributed by atoms with van der Waals surface area (Å²) in [5.74, 6) is 3.63. The Labute approximate surface area is 120 Å². The quantitative estimate of drug-likeness (QED) is 0.834. The lowest BCUT2D eigenvalue weighted by molar-refractivity contribution is 0.102. The fourth-order valence-electron chi connectivity index (χ4n) is 1.64. The highest BCUT2D eigenvalue weighted by Crippen LogP contribution is 2.13. The predicted molar refractivity (Wildman–Crippen MR) is 76.7 cm³/mol. The lowest BCUT2D eigenvalue weighted by Crippen LogP contribution is -2.12. The van der Waals surface area contributed by atoms with Gasteiger partial charge in [0.15, 0.2) is 0 Å². The topological polar surface area (TPSA) is 55.1 Å². The van der Waals surface area contributed by atoms with Gasteiger partial charge >= 0.3 is 0 Å². The van der Waals surface area contributed by atoms with E-state index in [2.05, 4.69) is 17.2 Å². The minimum Gasteiger partial charge on any atom is -0.322 e. The van der Waals surface area contributed by atoms with E-state index in [-0.39, 0.29) is 17.7 Å². The van der Waals surface area contributed by atoms with Crippen LogP contribution >= 0.6 is 0 Å². The molecule has 0 radical (unpaired) electrons. The van der Waals surface area contributed by atoms with Crippen LogP contribution in [-0.2, 0) is 0 Å². The van der Waals surface area contributed by atoms with Crippen LogP contribution in [0.15, 0.2) is 42.5 Å². The monoisotopic (exact) mass is 286 g/mol. The maximum atomic E-state index is 13.8. The molecule has 0 aliphatic rings. The molecule has 0 fully saturated rings. The Morgan fingerprint density at radius 2 is 1.86 bits per heavy atom. The maximum Gasteiger partial charge on any atom is 0.255 e. The SMILES string of the molecule is NCC#Cc1ccc(C(=O)Nc2ccc(F)cc2)cc1F. The van der Waals surface area contributed by atoms with Crippen LogP contribution in [0.2, 0.25) is 0 Å². The van der Waals surface area contributed by atoms with Gasteiger partial charge in [-0.15, -0.1) is 0 Å². The molecule has 0 aromatic heterocycles. The summed E-state index contributed by atoms with van der Waals surface area (Å²) < 4.78 is 26.5. The molecule has 2 rings (SSSR count). The highest BCUT2D eigenvalue weighted by atomic mass is 19.1. The van der Waals surface area contributed by atoms with E-state index in [4.69, 9.17) is 5.73 Å². The van der Waals surface area contributed by atoms with E-state index < -0.39 is 17.5 Å². The molecule has 0 bridgehead atoms. The first-order valence-electron chi connectivity index (χ1n) is 6.15. The van der Waals surface area contributed by atoms with Crippen LogP contribution in [0.1, 0.15) is 15.9 Å². The molecule has 0 aliphatic carbocycles. The number of carbonyl (C=O) groups excluding carboxylic acids is 1. The molecule has 0 aliphatic heterocycles. The summed E-state index contributed by atoms with van der Waals surface area (Å²) in [5, 5.41) is 2.55. The summed E-state index contributed by atoms with van der Waals surface area (Å²) in [4.78, 5) is 11.9. The second-order valence-electron chi connectivity index (χ2n) is 4.16. The second kappa shape index (κ2) is 6.64. The molecule has 2 aromatic rings. The smallest absolute Gasteiger partial charge is 0.255 e. The first-order valence-corrected chi connectivity index (χ1v) is 6.15. The third kappa shape index (κ3) is 3.88. The van der Waals surface area contributed by atoms with E-state index in [9.17, 15) is 13.6 Å². The normalized spacial score (nSPS) is 9.67. The van der Waals surface area contributed by atoms with Crippen molar-refractivity contribution in [3.05, 3.63) is 65.2 Å². The number of amides is 1. The van der Waals surface area contributed by atoms with E-state index in [1.54, 1.807) is 0 Å². The van der Waals surface area contributed by atoms with E-state index in [1.807, 2.05) is 0 Å². The standard InChI is InChI=1S/C16H12F2N2O/c17-13-5-7-14(8-6-13)20-16(21)12-4-3-11(2-1-9-19)15(18)10-12/h3-8,10H,9,19H2,(H,20,21). The van der Waals surface area contributed by atoms with Crippen molar-refractivity contribution in [3.8, 4) is 11.8 Å². The van der Waals surface area contributed by atoms with Crippen molar-refractivity contribution in [1.29, 1.82) is 0 Å². The lowest BCUT2D eigenvalue weighted by Gasteiger charge is -2.06. The number of carbonyl (C=O) groups is 1. The molecule has 3 N–H and O–H groups in total. The van der Waals surface area contributed by atoms with Gasteiger partial charge in [-0.1, -0.05) is 11.8 Å². The third-order valence-electron chi connectivity index (χ3n) is 2.66. The van der Waals surface area contributed by atoms with Crippen molar-refractivity contribution in [3.63, 3.8) is 0 Å². The molecule has 3 nitrogen and oxygen atoms in total. The van der Waals surface area contributed by atoms with Gasteiger partial charge in [-0.2, -0.15) is 0 Å². The second-order valence-corrected chi connectivity index (χ2v) is 4.16. The van der Waals surface area contributed by atoms with Gasteiger partial charge in [-0.25, -0.2) is 8.78 Å². The predicted octanol–water partition coefficient (Wildman–Crippen LogP) is 2.53. The Morgan fingerprint density at radius 3 is 2.48 bits per heavy atom. The molecule has 0 unspecified atom stereocenters. The number of nitrogens with one attached hydrogen (secondary N) is 1. The zero-order valence-electron chi connectivity index (χ0n) is 11.0. The largest absolute Gasteiger partial charge is 0.322 e. The van der Waals surface area contributed by atoms with Crippen LogP contribution in [0.5, 0.6) is 0 Å². The molecule has 0 saturated heterocycles. The summed E-state index contributed by atoms with van der Waals surface area (Å²) in [5.41, 5.74) is 5.97. The van der Waals surface area contributed by atoms with Crippen molar-refractivity contribution in [2.75, 3.05) is 11.9 Å². The zero-order chi connectivity index (χ0) is 15.2. The molecule has 0 saturated carbocycles. The third-order valence-corrected chi connectivity index (χ3v) is 2.66. The fraction of sp³-hybridized carbons (Fsp3) is 0.0625. The van der Waals surface area contributed by atoms with Gasteiger partial charge < -0.3 is 11.1 Å². The number of nitrogens with two attached hydrogens (primary N) is 1. The number of benzene rings is 2. The molecule has 0 heterocycles. The Balaban J connectivity index is 2.16. The molecule has 0 atom stereocenters. The van der Waals surface area contributed by atoms with Gasteiger partial charge in [0.1, 0.15) is 11.6 Å². The molecule has 2 aromatic carbocycles. The molecule has 0 spiro atoms. The average molecular weight is 286 g/mol. The highest BCUT2D eigenvalue weighted by Gasteiger charge is 2.09. The molecule has 1 amide bonds. The summed E-state index contributed by atoms with van der Waals surface area (Å²) in [6, 6.07) is 9.26. The van der Waals surface area contributed by atoms with E-state index >= 15 is 0 Å². The Morgan fingerprint density at radius 1 is 1.14 bits per heavy atom. The minimum absolute atomic E-state index is 0.131. The Hall–Kier alpha value is -2.71. The number of hydrogen-bond donors (Lipinski definition) is 2. The first kappa shape index (κ1) is 14.7. The van der Waals surface area contributed by atoms with Gasteiger partial charge in [0, 0.05) is 11.3 Å². The fourth-order valence-corrected chi connectivity index (χ4v) is 1.64. The van der Waals surface area contributed by atoms with Crippen molar-refractivity contribution < 1.29 is 13.6 Å². The maximum absolute atomic E-state index is 13.8. The van der Waals surface area contributed by atoms with E-state index in [1.165, 1.54) is 36.4 Å². The van der Waals surface area contributed by atoms with Crippen LogP contribution in [0.4, 0.5) is 14.5 Å². The number of halogens is 2. The highest BCUT2D eigenvalue weighted by molar-refractivity contribution is 6.04. The molecule has 5 heteroatoms. The number of hydrogen-bond acceptors (Lipinski definition) is 2. The summed E-state index contributed by atoms with van der Waals surface area (Å²) in [7, 11) is 0. The summed E-state index contributed by atoms with van der Waals surface area (Å²) >= 11 is 0. The van der Waals surface area contributed by atoms with Gasteiger partial charge in [0.2, 0.25) is 0 Å². The van der Waals surface area contributed by atoms with E-state index in [0.29, 0.717) is 5.69 Å². The summed E-state index contributed by atoms with van der Waals surface area (Å²) in [6.45, 7) is 0.131. The Kier molecular flexibility index (Phi) is 4.64. The van der Waals surface area contributed by atoms with Gasteiger partial charge in [0.05, 0.1) is 12.1 Å².